The average Bonchev–Trinajstić information content (AvgIpc) is 3.41. The highest BCUT2D eigenvalue weighted by atomic mass is 16.7. The van der Waals surface area contributed by atoms with E-state index in [1.807, 2.05) is 0 Å². The maximum absolute atomic E-state index is 14.4. The van der Waals surface area contributed by atoms with Gasteiger partial charge < -0.3 is 38.9 Å². The second-order valence-electron chi connectivity index (χ2n) is 15.9. The number of hydrogen-bond acceptors (Lipinski definition) is 15. The van der Waals surface area contributed by atoms with Crippen LogP contribution in [-0.4, -0.2) is 97.9 Å². The first kappa shape index (κ1) is 41.1. The van der Waals surface area contributed by atoms with Gasteiger partial charge >= 0.3 is 35.9 Å². The Kier molecular flexibility index (Phi) is 12.4. The zero-order chi connectivity index (χ0) is 39.7. The van der Waals surface area contributed by atoms with Gasteiger partial charge in [0.15, 0.2) is 30.7 Å². The molecule has 0 bridgehead atoms. The van der Waals surface area contributed by atoms with Crippen molar-refractivity contribution in [3.63, 3.8) is 0 Å². The molecule has 17 heteroatoms. The van der Waals surface area contributed by atoms with Crippen LogP contribution in [0.15, 0.2) is 5.10 Å². The summed E-state index contributed by atoms with van der Waals surface area (Å²) in [5.41, 5.74) is 7.26. The Hall–Kier alpha value is -4.12. The minimum Gasteiger partial charge on any atom is -0.467 e. The highest BCUT2D eigenvalue weighted by Gasteiger charge is 2.64. The normalized spacial score (nSPS) is 38.8. The van der Waals surface area contributed by atoms with Crippen LogP contribution in [0.5, 0.6) is 0 Å². The van der Waals surface area contributed by atoms with E-state index in [1.54, 1.807) is 0 Å². The van der Waals surface area contributed by atoms with Gasteiger partial charge in [0.1, 0.15) is 11.9 Å². The van der Waals surface area contributed by atoms with Crippen LogP contribution in [0.4, 0.5) is 4.79 Å². The summed E-state index contributed by atoms with van der Waals surface area (Å²) in [6.45, 7) is 8.63. The van der Waals surface area contributed by atoms with E-state index in [4.69, 9.17) is 38.9 Å². The number of nitrogens with two attached hydrogens (primary N) is 1. The summed E-state index contributed by atoms with van der Waals surface area (Å²) in [4.78, 5) is 87.6. The number of nitrogens with one attached hydrogen (secondary N) is 1. The molecule has 17 nitrogen and oxygen atoms in total. The van der Waals surface area contributed by atoms with Crippen molar-refractivity contribution in [1.82, 2.24) is 5.43 Å². The van der Waals surface area contributed by atoms with Gasteiger partial charge in [-0.2, -0.15) is 5.10 Å². The van der Waals surface area contributed by atoms with E-state index in [0.717, 1.165) is 66.4 Å². The van der Waals surface area contributed by atoms with Gasteiger partial charge in [-0.3, -0.25) is 24.0 Å². The second kappa shape index (κ2) is 16.3. The molecule has 3 N–H and O–H groups in total. The van der Waals surface area contributed by atoms with Crippen molar-refractivity contribution in [3.8, 4) is 0 Å². The molecule has 1 heterocycles. The number of carbonyl (C=O) groups is 7. The standard InChI is InChI=1S/C37H53N3O14/c1-17(41)50-22-12-13-36(5)21(14-22)8-9-23-24-10-11-25(37(24,6)15-27(45)28(23)36)26(39-40-35(38)47)16-49-34-32(53-20(4)44)30(52-19(3)43)29(51-18(2)42)31(54-34)33(46)48-7/h21-25,28-32,34H,8-16H2,1-7H3,(H3,38,40,47)/t21?,22-,23?,24?,25?,28?,29-,30-,31?,32+,34+,36?,37?/m1/s1. The Morgan fingerprint density at radius 3 is 2.07 bits per heavy atom. The van der Waals surface area contributed by atoms with Crippen molar-refractivity contribution >= 4 is 47.4 Å². The summed E-state index contributed by atoms with van der Waals surface area (Å²) in [6.07, 6.45) is -2.33. The number of esters is 5. The zero-order valence-corrected chi connectivity index (χ0v) is 32.0. The van der Waals surface area contributed by atoms with Crippen molar-refractivity contribution in [1.29, 1.82) is 0 Å². The van der Waals surface area contributed by atoms with Crippen LogP contribution in [0.2, 0.25) is 0 Å². The fourth-order valence-electron chi connectivity index (χ4n) is 10.6. The summed E-state index contributed by atoms with van der Waals surface area (Å²) < 4.78 is 38.9. The predicted octanol–water partition coefficient (Wildman–Crippen LogP) is 2.49. The molecule has 4 aliphatic carbocycles. The topological polar surface area (TPSA) is 235 Å². The lowest BCUT2D eigenvalue weighted by atomic mass is 9.44. The van der Waals surface area contributed by atoms with Crippen LogP contribution in [0.3, 0.4) is 0 Å². The van der Waals surface area contributed by atoms with Gasteiger partial charge in [-0.15, -0.1) is 0 Å². The van der Waals surface area contributed by atoms with E-state index >= 15 is 0 Å². The molecule has 300 valence electrons. The first-order valence-electron chi connectivity index (χ1n) is 18.6. The number of hydrazone groups is 1. The number of amides is 2. The van der Waals surface area contributed by atoms with Crippen molar-refractivity contribution in [2.24, 2.45) is 51.3 Å². The number of primary amides is 1. The fraction of sp³-hybridized carbons (Fsp3) is 0.784. The van der Waals surface area contributed by atoms with Gasteiger partial charge in [0.25, 0.3) is 0 Å². The van der Waals surface area contributed by atoms with Gasteiger partial charge in [0.05, 0.1) is 19.4 Å². The summed E-state index contributed by atoms with van der Waals surface area (Å²) in [5.74, 6) is -3.56. The predicted molar refractivity (Wildman–Crippen MR) is 185 cm³/mol. The molecule has 54 heavy (non-hydrogen) atoms. The summed E-state index contributed by atoms with van der Waals surface area (Å²) in [7, 11) is 1.08. The molecule has 1 aliphatic heterocycles. The summed E-state index contributed by atoms with van der Waals surface area (Å²) in [5, 5.41) is 4.35. The maximum atomic E-state index is 14.4. The third kappa shape index (κ3) is 8.26. The number of fused-ring (bicyclic) bond motifs is 5. The third-order valence-electron chi connectivity index (χ3n) is 12.6. The number of nitrogens with zero attached hydrogens (tertiary/aromatic N) is 1. The maximum Gasteiger partial charge on any atom is 0.339 e. The van der Waals surface area contributed by atoms with E-state index in [9.17, 15) is 33.6 Å². The summed E-state index contributed by atoms with van der Waals surface area (Å²) >= 11 is 0. The monoisotopic (exact) mass is 763 g/mol. The molecule has 2 amide bonds. The molecular formula is C37H53N3O14. The van der Waals surface area contributed by atoms with Gasteiger partial charge in [-0.05, 0) is 73.5 Å². The molecule has 5 rings (SSSR count). The molecule has 8 unspecified atom stereocenters. The van der Waals surface area contributed by atoms with E-state index in [1.165, 1.54) is 6.92 Å². The molecule has 0 radical (unpaired) electrons. The number of ether oxygens (including phenoxy) is 7. The van der Waals surface area contributed by atoms with E-state index < -0.39 is 66.0 Å². The van der Waals surface area contributed by atoms with E-state index in [2.05, 4.69) is 24.4 Å². The lowest BCUT2D eigenvalue weighted by Crippen LogP contribution is -2.64. The van der Waals surface area contributed by atoms with Gasteiger partial charge in [-0.1, -0.05) is 13.8 Å². The Morgan fingerprint density at radius 2 is 1.46 bits per heavy atom. The van der Waals surface area contributed by atoms with Gasteiger partial charge in [0.2, 0.25) is 0 Å². The first-order valence-corrected chi connectivity index (χ1v) is 18.6. The van der Waals surface area contributed by atoms with Gasteiger partial charge in [0, 0.05) is 46.0 Å². The molecule has 0 aromatic heterocycles. The molecule has 5 fully saturated rings. The second-order valence-corrected chi connectivity index (χ2v) is 15.9. The van der Waals surface area contributed by atoms with E-state index in [-0.39, 0.29) is 65.9 Å². The molecule has 0 spiro atoms. The van der Waals surface area contributed by atoms with Crippen molar-refractivity contribution in [2.75, 3.05) is 13.7 Å². The van der Waals surface area contributed by atoms with Crippen LogP contribution in [0.1, 0.15) is 92.9 Å². The van der Waals surface area contributed by atoms with Crippen LogP contribution >= 0.6 is 0 Å². The average molecular weight is 764 g/mol. The zero-order valence-electron chi connectivity index (χ0n) is 32.0. The highest BCUT2D eigenvalue weighted by Crippen LogP contribution is 2.66. The largest absolute Gasteiger partial charge is 0.467 e. The van der Waals surface area contributed by atoms with Crippen LogP contribution < -0.4 is 11.2 Å². The van der Waals surface area contributed by atoms with Crippen LogP contribution in [0, 0.1) is 40.4 Å². The molecule has 1 saturated heterocycles. The number of ketones is 1. The molecule has 5 aliphatic rings. The number of methoxy groups -OCH3 is 1. The fourth-order valence-corrected chi connectivity index (χ4v) is 10.6. The molecule has 0 aromatic carbocycles. The molecule has 4 saturated carbocycles. The Balaban J connectivity index is 1.42. The number of urea groups is 1. The lowest BCUT2D eigenvalue weighted by molar-refractivity contribution is -0.298. The lowest BCUT2D eigenvalue weighted by Gasteiger charge is -2.60. The molecule has 13 atom stereocenters. The van der Waals surface area contributed by atoms with Crippen molar-refractivity contribution < 1.29 is 66.7 Å². The Bertz CT molecular complexity index is 1550. The van der Waals surface area contributed by atoms with Crippen molar-refractivity contribution in [2.45, 2.75) is 130 Å². The minimum atomic E-state index is -1.66. The van der Waals surface area contributed by atoms with Crippen LogP contribution in [0.25, 0.3) is 0 Å². The quantitative estimate of drug-likeness (QED) is 0.141. The number of hydrogen-bond donors (Lipinski definition) is 2. The van der Waals surface area contributed by atoms with E-state index in [0.29, 0.717) is 12.1 Å². The number of rotatable bonds is 10. The third-order valence-corrected chi connectivity index (χ3v) is 12.6. The smallest absolute Gasteiger partial charge is 0.339 e. The summed E-state index contributed by atoms with van der Waals surface area (Å²) in [6, 6.07) is -0.931. The van der Waals surface area contributed by atoms with Crippen molar-refractivity contribution in [3.05, 3.63) is 0 Å². The number of Topliss-reactive ketones (excluding diaryl/α,β-unsaturated/α-hetero) is 1. The van der Waals surface area contributed by atoms with Gasteiger partial charge in [-0.25, -0.2) is 15.0 Å². The Morgan fingerprint density at radius 1 is 0.833 bits per heavy atom. The SMILES string of the molecule is COC(=O)C1O[C@H](OCC(=NNC(N)=O)C2CCC3C4CCC5C[C@H](OC(C)=O)CCC5(C)C4C(=O)CC23C)[C@@H](OC(C)=O)[C@H](OC(C)=O)[C@H]1OC(C)=O. The molecular weight excluding hydrogens is 710 g/mol. The minimum absolute atomic E-state index is 0.123. The van der Waals surface area contributed by atoms with Crippen LogP contribution in [-0.2, 0) is 61.9 Å². The molecule has 0 aromatic rings. The highest BCUT2D eigenvalue weighted by molar-refractivity contribution is 5.92. The first-order chi connectivity index (χ1) is 25.4. The number of carbonyl (C=O) groups excluding carboxylic acids is 7. The Labute approximate surface area is 314 Å².